The number of hydrogen-bond acceptors (Lipinski definition) is 7. The Morgan fingerprint density at radius 3 is 2.22 bits per heavy atom. The molecule has 0 radical (unpaired) electrons. The van der Waals surface area contributed by atoms with Crippen molar-refractivity contribution in [1.82, 2.24) is 5.32 Å². The third-order valence-electron chi connectivity index (χ3n) is 4.53. The molecule has 0 aliphatic carbocycles. The molecule has 0 bridgehead atoms. The Bertz CT molecular complexity index is 991. The number of carbonyl (C=O) groups excluding carboxylic acids is 3. The van der Waals surface area contributed by atoms with Gasteiger partial charge < -0.3 is 20.1 Å². The molecule has 0 aliphatic rings. The number of ether oxygens (including phenoxy) is 2. The Labute approximate surface area is 186 Å². The van der Waals surface area contributed by atoms with Gasteiger partial charge in [-0.05, 0) is 25.0 Å². The second kappa shape index (κ2) is 10.0. The van der Waals surface area contributed by atoms with E-state index in [1.165, 1.54) is 6.92 Å². The first-order valence-electron chi connectivity index (χ1n) is 9.62. The summed E-state index contributed by atoms with van der Waals surface area (Å²) in [4.78, 5) is 37.5. The number of halogens is 3. The maximum absolute atomic E-state index is 14.2. The van der Waals surface area contributed by atoms with Gasteiger partial charge in [-0.1, -0.05) is 37.3 Å². The van der Waals surface area contributed by atoms with Crippen LogP contribution in [0.1, 0.15) is 36.2 Å². The minimum absolute atomic E-state index is 0.0117. The van der Waals surface area contributed by atoms with Gasteiger partial charge in [0.05, 0.1) is 19.3 Å². The first-order valence-corrected chi connectivity index (χ1v) is 10.4. The van der Waals surface area contributed by atoms with E-state index in [2.05, 4.69) is 10.1 Å². The molecule has 0 spiro atoms. The largest absolute Gasteiger partial charge is 0.466 e. The van der Waals surface area contributed by atoms with Crippen molar-refractivity contribution in [3.8, 4) is 10.4 Å². The van der Waals surface area contributed by atoms with Crippen molar-refractivity contribution in [2.75, 3.05) is 19.0 Å². The number of anilines is 1. The van der Waals surface area contributed by atoms with Crippen LogP contribution in [0.4, 0.5) is 18.2 Å². The summed E-state index contributed by atoms with van der Waals surface area (Å²) in [5.41, 5.74) is -2.76. The van der Waals surface area contributed by atoms with E-state index in [4.69, 9.17) is 4.74 Å². The van der Waals surface area contributed by atoms with E-state index >= 15 is 0 Å². The van der Waals surface area contributed by atoms with Crippen LogP contribution in [-0.4, -0.2) is 43.4 Å². The van der Waals surface area contributed by atoms with Gasteiger partial charge >= 0.3 is 23.8 Å². The molecule has 0 saturated carbocycles. The van der Waals surface area contributed by atoms with Crippen molar-refractivity contribution in [3.05, 3.63) is 41.5 Å². The number of thiophene rings is 1. The Morgan fingerprint density at radius 1 is 1.09 bits per heavy atom. The molecule has 32 heavy (non-hydrogen) atoms. The van der Waals surface area contributed by atoms with E-state index in [1.807, 2.05) is 0 Å². The van der Waals surface area contributed by atoms with Crippen LogP contribution in [0.5, 0.6) is 0 Å². The minimum Gasteiger partial charge on any atom is -0.466 e. The van der Waals surface area contributed by atoms with Crippen LogP contribution in [0.15, 0.2) is 30.3 Å². The summed E-state index contributed by atoms with van der Waals surface area (Å²) in [6.45, 7) is 4.44. The smallest absolute Gasteiger partial charge is 0.441 e. The average Bonchev–Trinajstić information content (AvgIpc) is 3.08. The van der Waals surface area contributed by atoms with Crippen molar-refractivity contribution < 1.29 is 37.0 Å². The Balaban J connectivity index is 2.75. The highest BCUT2D eigenvalue weighted by molar-refractivity contribution is 7.20. The van der Waals surface area contributed by atoms with Gasteiger partial charge in [-0.25, -0.2) is 9.59 Å². The van der Waals surface area contributed by atoms with Crippen LogP contribution in [0.3, 0.4) is 0 Å². The highest BCUT2D eigenvalue weighted by Crippen LogP contribution is 2.43. The summed E-state index contributed by atoms with van der Waals surface area (Å²) in [7, 11) is 0.768. The Kier molecular flexibility index (Phi) is 7.89. The van der Waals surface area contributed by atoms with Crippen molar-refractivity contribution in [2.45, 2.75) is 39.0 Å². The summed E-state index contributed by atoms with van der Waals surface area (Å²) >= 11 is 0.828. The van der Waals surface area contributed by atoms with Crippen LogP contribution in [0, 0.1) is 6.92 Å². The Hall–Kier alpha value is -3.08. The van der Waals surface area contributed by atoms with E-state index < -0.39 is 29.7 Å². The van der Waals surface area contributed by atoms with Crippen molar-refractivity contribution >= 4 is 34.2 Å². The second-order valence-corrected chi connectivity index (χ2v) is 7.63. The second-order valence-electron chi connectivity index (χ2n) is 6.61. The molecule has 0 saturated heterocycles. The molecule has 174 valence electrons. The summed E-state index contributed by atoms with van der Waals surface area (Å²) in [5.74, 6) is -3.70. The summed E-state index contributed by atoms with van der Waals surface area (Å²) in [5, 5.41) is 3.47. The number of hydrogen-bond donors (Lipinski definition) is 2. The van der Waals surface area contributed by atoms with E-state index in [0.717, 1.165) is 18.4 Å². The van der Waals surface area contributed by atoms with Gasteiger partial charge in [-0.3, -0.25) is 4.79 Å². The van der Waals surface area contributed by atoms with Crippen LogP contribution in [-0.2, 0) is 19.1 Å². The Morgan fingerprint density at radius 2 is 1.72 bits per heavy atom. The third-order valence-corrected chi connectivity index (χ3v) is 5.78. The first-order chi connectivity index (χ1) is 15.0. The van der Waals surface area contributed by atoms with Gasteiger partial charge in [0.1, 0.15) is 5.00 Å². The van der Waals surface area contributed by atoms with Crippen LogP contribution in [0.2, 0.25) is 0 Å². The average molecular weight is 472 g/mol. The number of methoxy groups -OCH3 is 1. The SMILES string of the molecule is CCOC(=O)c1c(N[C@](NC(=O)CC)(C(=O)OC)C(F)(F)F)sc(-c2ccccc2)c1C. The first kappa shape index (κ1) is 25.2. The van der Waals surface area contributed by atoms with Gasteiger partial charge in [-0.2, -0.15) is 13.2 Å². The van der Waals surface area contributed by atoms with Crippen molar-refractivity contribution in [1.29, 1.82) is 0 Å². The topological polar surface area (TPSA) is 93.7 Å². The molecule has 2 rings (SSSR count). The molecule has 2 N–H and O–H groups in total. The van der Waals surface area contributed by atoms with Gasteiger partial charge in [-0.15, -0.1) is 11.3 Å². The zero-order chi connectivity index (χ0) is 24.1. The minimum atomic E-state index is -5.30. The summed E-state index contributed by atoms with van der Waals surface area (Å²) in [6.07, 6.45) is -5.62. The molecule has 1 atom stereocenters. The molecule has 0 fully saturated rings. The highest BCUT2D eigenvalue weighted by Gasteiger charge is 2.64. The fraction of sp³-hybridized carbons (Fsp3) is 0.381. The van der Waals surface area contributed by atoms with Gasteiger partial charge in [0.15, 0.2) is 0 Å². The van der Waals surface area contributed by atoms with Crippen molar-refractivity contribution in [2.24, 2.45) is 0 Å². The monoisotopic (exact) mass is 472 g/mol. The molecule has 1 heterocycles. The molecular weight excluding hydrogens is 449 g/mol. The summed E-state index contributed by atoms with van der Waals surface area (Å²) < 4.78 is 52.1. The third kappa shape index (κ3) is 4.87. The molecule has 7 nitrogen and oxygen atoms in total. The highest BCUT2D eigenvalue weighted by atomic mass is 32.1. The molecule has 1 amide bonds. The maximum atomic E-state index is 14.2. The lowest BCUT2D eigenvalue weighted by molar-refractivity contribution is -0.206. The van der Waals surface area contributed by atoms with E-state index in [1.54, 1.807) is 49.5 Å². The van der Waals surface area contributed by atoms with Gasteiger partial charge in [0, 0.05) is 11.3 Å². The van der Waals surface area contributed by atoms with Gasteiger partial charge in [0.2, 0.25) is 5.91 Å². The van der Waals surface area contributed by atoms with Crippen LogP contribution >= 0.6 is 11.3 Å². The molecular formula is C21H23F3N2O5S. The lowest BCUT2D eigenvalue weighted by Gasteiger charge is -2.34. The fourth-order valence-corrected chi connectivity index (χ4v) is 4.18. The van der Waals surface area contributed by atoms with Crippen LogP contribution in [0.25, 0.3) is 10.4 Å². The molecule has 11 heteroatoms. The molecule has 1 aromatic carbocycles. The number of carbonyl (C=O) groups is 3. The number of alkyl halides is 3. The lowest BCUT2D eigenvalue weighted by atomic mass is 10.1. The van der Waals surface area contributed by atoms with Crippen LogP contribution < -0.4 is 10.6 Å². The zero-order valence-electron chi connectivity index (χ0n) is 17.9. The number of benzene rings is 1. The molecule has 0 unspecified atom stereocenters. The van der Waals surface area contributed by atoms with E-state index in [-0.39, 0.29) is 23.6 Å². The normalized spacial score (nSPS) is 13.1. The molecule has 2 aromatic rings. The van der Waals surface area contributed by atoms with E-state index in [9.17, 15) is 27.6 Å². The zero-order valence-corrected chi connectivity index (χ0v) is 18.7. The molecule has 0 aliphatic heterocycles. The van der Waals surface area contributed by atoms with Crippen molar-refractivity contribution in [3.63, 3.8) is 0 Å². The predicted molar refractivity (Wildman–Crippen MR) is 113 cm³/mol. The van der Waals surface area contributed by atoms with Gasteiger partial charge in [0.25, 0.3) is 0 Å². The number of nitrogens with one attached hydrogen (secondary N) is 2. The quantitative estimate of drug-likeness (QED) is 0.440. The molecule has 1 aromatic heterocycles. The number of amides is 1. The number of rotatable bonds is 8. The maximum Gasteiger partial charge on any atom is 0.441 e. The summed E-state index contributed by atoms with van der Waals surface area (Å²) in [6, 6.07) is 8.70. The van der Waals surface area contributed by atoms with E-state index in [0.29, 0.717) is 16.0 Å². The number of esters is 2. The lowest BCUT2D eigenvalue weighted by Crippen LogP contribution is -2.69. The standard InChI is InChI=1S/C21H23F3N2O5S/c1-5-14(27)25-20(19(29)30-4,21(22,23)24)26-17-15(18(28)31-6-2)12(3)16(32-17)13-10-8-7-9-11-13/h7-11,26H,5-6H2,1-4H3,(H,25,27)/t20-/m1/s1. The predicted octanol–water partition coefficient (Wildman–Crippen LogP) is 4.27. The fourth-order valence-electron chi connectivity index (χ4n) is 2.93.